The summed E-state index contributed by atoms with van der Waals surface area (Å²) in [6.45, 7) is 28.8. The Bertz CT molecular complexity index is 5720. The third kappa shape index (κ3) is 24.6. The van der Waals surface area contributed by atoms with Crippen LogP contribution in [0.5, 0.6) is 0 Å². The Morgan fingerprint density at radius 3 is 0.971 bits per heavy atom. The summed E-state index contributed by atoms with van der Waals surface area (Å²) in [6.07, 6.45) is -18.9. The zero-order valence-electron chi connectivity index (χ0n) is 80.6. The molecule has 18 rings (SSSR count). The standard InChI is InChI=1S/C19H18F3NO2.C18H21F5N2O.C18H22F4N2O.C18H23F3N2O.C16H18F4N2O.C14H18N2O/c1-11(2)23-10-15-14(18(23)25)8-13(9-16(15)19(20,21)22)17(24)12-6-4-3-5-7-12;1-11(2)25-9-14-13(16(25)26)6-12(7-15(14)18(21,22)23)8-24-5-3-4-17(19,20)10-24;1-11(2)24-10-15-14(17(24)25)7-12(8-16(15)18(20,21)22)9-23-5-3-13(19)4-6-23;1-12(2)23-11-15-14(17(23)24)8-13(9-16(15)18(19,20)21)10-22-6-4-3-5-7-22;1-9(2)22-8-13-12(15(22)23)3-10(4-14(13)16(18,19)20)5-21-6-11(17)7-21;1-8(2)16-7-12-11(14(16)17)6-9(3)15-13(12)10-4-5-10/h3-9,11,17,24H,10H2,1-2H3;6-7,11H,3-5,8-10H2,1-2H3;7-8,11,13H,3-6,9-10H2,1-2H3;8-9,12H,3-7,10-11H2,1-2H3;3-4,9,11H,5-8H2,1-2H3;6,8,10H,4-5,7H2,1-3H3. The molecular formula is C103H120F19N11O7. The van der Waals surface area contributed by atoms with E-state index in [-0.39, 0.29) is 192 Å². The van der Waals surface area contributed by atoms with E-state index in [2.05, 4.69) is 23.7 Å². The monoisotopic (exact) mass is 1980 g/mol. The molecule has 762 valence electrons. The molecule has 5 fully saturated rings. The highest BCUT2D eigenvalue weighted by atomic mass is 19.4. The number of carbonyl (C=O) groups is 6. The van der Waals surface area contributed by atoms with Crippen molar-refractivity contribution in [3.05, 3.63) is 236 Å². The van der Waals surface area contributed by atoms with Crippen molar-refractivity contribution in [2.24, 2.45) is 0 Å². The first-order valence-electron chi connectivity index (χ1n) is 47.7. The molecule has 1 aliphatic carbocycles. The highest BCUT2D eigenvalue weighted by Crippen LogP contribution is 2.48. The lowest BCUT2D eigenvalue weighted by molar-refractivity contribution is -0.139. The zero-order valence-corrected chi connectivity index (χ0v) is 80.6. The molecule has 1 atom stereocenters. The predicted molar refractivity (Wildman–Crippen MR) is 487 cm³/mol. The quantitative estimate of drug-likeness (QED) is 0.0858. The lowest BCUT2D eigenvalue weighted by Gasteiger charge is -2.34. The van der Waals surface area contributed by atoms with Gasteiger partial charge in [0.05, 0.1) is 34.4 Å². The maximum Gasteiger partial charge on any atom is 0.416 e. The van der Waals surface area contributed by atoms with E-state index in [0.717, 1.165) is 68.0 Å². The molecule has 6 amide bonds. The van der Waals surface area contributed by atoms with Gasteiger partial charge in [0.2, 0.25) is 0 Å². The second-order valence-electron chi connectivity index (χ2n) is 39.9. The van der Waals surface area contributed by atoms with Crippen molar-refractivity contribution >= 4 is 35.4 Å². The van der Waals surface area contributed by atoms with Crippen molar-refractivity contribution in [2.45, 2.75) is 311 Å². The Hall–Kier alpha value is -10.2. The Kier molecular flexibility index (Phi) is 32.4. The fourth-order valence-corrected chi connectivity index (χ4v) is 19.7. The first-order chi connectivity index (χ1) is 65.3. The molecule has 1 unspecified atom stereocenters. The number of hydrogen-bond acceptors (Lipinski definition) is 12. The number of hydrogen-bond donors (Lipinski definition) is 1. The lowest BCUT2D eigenvalue weighted by Crippen LogP contribution is -2.47. The molecular weight excluding hydrogens is 1860 g/mol. The zero-order chi connectivity index (χ0) is 103. The average molecular weight is 1990 g/mol. The number of rotatable bonds is 17. The molecule has 7 aromatic rings. The number of pyridine rings is 1. The number of aliphatic hydroxyl groups is 1. The molecule has 1 N–H and O–H groups in total. The number of carbonyl (C=O) groups excluding carboxylic acids is 6. The molecule has 1 saturated carbocycles. The summed E-state index contributed by atoms with van der Waals surface area (Å²) >= 11 is 0. The Morgan fingerprint density at radius 2 is 0.650 bits per heavy atom. The molecule has 37 heteroatoms. The number of aliphatic hydroxyl groups excluding tert-OH is 1. The van der Waals surface area contributed by atoms with E-state index in [1.165, 1.54) is 84.2 Å². The van der Waals surface area contributed by atoms with E-state index in [0.29, 0.717) is 80.2 Å². The van der Waals surface area contributed by atoms with E-state index >= 15 is 0 Å². The molecule has 140 heavy (non-hydrogen) atoms. The molecule has 18 nitrogen and oxygen atoms in total. The fourth-order valence-electron chi connectivity index (χ4n) is 19.7. The van der Waals surface area contributed by atoms with E-state index in [4.69, 9.17) is 0 Å². The second kappa shape index (κ2) is 42.4. The highest BCUT2D eigenvalue weighted by Gasteiger charge is 2.49. The molecule has 4 saturated heterocycles. The maximum absolute atomic E-state index is 13.6. The van der Waals surface area contributed by atoms with Crippen molar-refractivity contribution in [1.29, 1.82) is 0 Å². The third-order valence-electron chi connectivity index (χ3n) is 27.4. The summed E-state index contributed by atoms with van der Waals surface area (Å²) in [4.78, 5) is 95.7. The summed E-state index contributed by atoms with van der Waals surface area (Å²) in [5, 5.41) is 10.5. The summed E-state index contributed by atoms with van der Waals surface area (Å²) in [5.74, 6) is -3.90. The molecule has 0 bridgehead atoms. The minimum Gasteiger partial charge on any atom is -0.384 e. The fraction of sp³-hybridized carbons (Fsp3) is 0.544. The van der Waals surface area contributed by atoms with Crippen LogP contribution in [0.2, 0.25) is 0 Å². The van der Waals surface area contributed by atoms with Crippen LogP contribution in [0.1, 0.15) is 321 Å². The highest BCUT2D eigenvalue weighted by molar-refractivity contribution is 6.03. The van der Waals surface area contributed by atoms with Crippen LogP contribution in [-0.4, -0.2) is 201 Å². The Labute approximate surface area is 802 Å². The number of fused-ring (bicyclic) bond motifs is 6. The molecule has 6 aromatic carbocycles. The molecule has 0 radical (unpaired) electrons. The van der Waals surface area contributed by atoms with Gasteiger partial charge in [0.15, 0.2) is 0 Å². The number of likely N-dealkylation sites (tertiary alicyclic amines) is 4. The van der Waals surface area contributed by atoms with Crippen LogP contribution in [-0.2, 0) is 96.3 Å². The molecule has 10 aliphatic heterocycles. The lowest BCUT2D eigenvalue weighted by atomic mass is 9.93. The SMILES string of the molecule is CC(C)N1Cc2c(cc(C(O)c3ccccc3)cc2C(F)(F)F)C1=O.CC(C)N1Cc2c(cc(CN3CC(F)C3)cc2C(F)(F)F)C1=O.CC(C)N1Cc2c(cc(CN3CCC(F)CC3)cc2C(F)(F)F)C1=O.CC(C)N1Cc2c(cc(CN3CCCC(F)(F)C3)cc2C(F)(F)F)C1=O.CC(C)N1Cc2c(cc(CN3CCCCC3)cc2C(F)(F)F)C1=O.Cc1cc2c(c(C3CC3)n1)CN(C(C)C)C2=O. The molecule has 0 spiro atoms. The van der Waals surface area contributed by atoms with E-state index in [1.807, 2.05) is 36.6 Å². The van der Waals surface area contributed by atoms with Gasteiger partial charge in [-0.25, -0.2) is 17.6 Å². The van der Waals surface area contributed by atoms with Gasteiger partial charge < -0.3 is 34.5 Å². The van der Waals surface area contributed by atoms with Crippen molar-refractivity contribution in [3.8, 4) is 0 Å². The number of aryl methyl sites for hydroxylation is 1. The number of amides is 6. The largest absolute Gasteiger partial charge is 0.416 e. The van der Waals surface area contributed by atoms with Crippen molar-refractivity contribution in [3.63, 3.8) is 0 Å². The summed E-state index contributed by atoms with van der Waals surface area (Å²) < 4.78 is 256. The van der Waals surface area contributed by atoms with Gasteiger partial charge in [-0.05, 0) is 283 Å². The van der Waals surface area contributed by atoms with Gasteiger partial charge in [-0.2, -0.15) is 65.9 Å². The van der Waals surface area contributed by atoms with E-state index in [1.54, 1.807) is 103 Å². The van der Waals surface area contributed by atoms with Gasteiger partial charge in [0, 0.05) is 191 Å². The predicted octanol–water partition coefficient (Wildman–Crippen LogP) is 22.4. The van der Waals surface area contributed by atoms with Crippen molar-refractivity contribution in [2.75, 3.05) is 52.4 Å². The number of alkyl halides is 19. The van der Waals surface area contributed by atoms with Crippen molar-refractivity contribution < 1.29 is 117 Å². The summed E-state index contributed by atoms with van der Waals surface area (Å²) in [7, 11) is 0. The Balaban J connectivity index is 0.000000142. The van der Waals surface area contributed by atoms with Crippen LogP contribution in [0.15, 0.2) is 97.1 Å². The van der Waals surface area contributed by atoms with Gasteiger partial charge in [-0.3, -0.25) is 53.4 Å². The summed E-state index contributed by atoms with van der Waals surface area (Å²) in [6, 6.07) is 22.8. The van der Waals surface area contributed by atoms with Gasteiger partial charge >= 0.3 is 30.9 Å². The summed E-state index contributed by atoms with van der Waals surface area (Å²) in [5.41, 5.74) is 3.43. The third-order valence-corrected chi connectivity index (χ3v) is 27.4. The van der Waals surface area contributed by atoms with Crippen LogP contribution < -0.4 is 0 Å². The first-order valence-corrected chi connectivity index (χ1v) is 47.7. The second-order valence-corrected chi connectivity index (χ2v) is 39.9. The van der Waals surface area contributed by atoms with E-state index < -0.39 is 101 Å². The van der Waals surface area contributed by atoms with Crippen LogP contribution in [0.4, 0.5) is 83.4 Å². The van der Waals surface area contributed by atoms with Crippen LogP contribution in [0, 0.1) is 6.92 Å². The van der Waals surface area contributed by atoms with Crippen LogP contribution in [0.3, 0.4) is 0 Å². The van der Waals surface area contributed by atoms with Gasteiger partial charge in [0.1, 0.15) is 18.4 Å². The number of benzene rings is 6. The van der Waals surface area contributed by atoms with Gasteiger partial charge in [0.25, 0.3) is 41.4 Å². The number of piperidine rings is 3. The van der Waals surface area contributed by atoms with Crippen LogP contribution >= 0.6 is 0 Å². The van der Waals surface area contributed by atoms with Crippen LogP contribution in [0.25, 0.3) is 0 Å². The number of nitrogens with zero attached hydrogens (tertiary/aromatic N) is 11. The minimum absolute atomic E-state index is 0.00575. The normalized spacial score (nSPS) is 19.0. The topological polar surface area (TPSA) is 168 Å². The van der Waals surface area contributed by atoms with E-state index in [9.17, 15) is 117 Å². The van der Waals surface area contributed by atoms with Gasteiger partial charge in [-0.15, -0.1) is 0 Å². The molecule has 11 aliphatic rings. The maximum atomic E-state index is 13.6. The smallest absolute Gasteiger partial charge is 0.384 e. The average Bonchev–Trinajstić information content (AvgIpc) is 1.59. The molecule has 11 heterocycles. The minimum atomic E-state index is -4.60. The van der Waals surface area contributed by atoms with Crippen molar-refractivity contribution in [1.82, 2.24) is 54.0 Å². The Morgan fingerprint density at radius 1 is 0.350 bits per heavy atom. The molecule has 1 aromatic heterocycles. The number of halogens is 19. The first kappa shape index (κ1) is 107. The number of aromatic nitrogens is 1. The van der Waals surface area contributed by atoms with Gasteiger partial charge in [-0.1, -0.05) is 36.8 Å².